The number of H-pyrrole nitrogens is 2. The van der Waals surface area contributed by atoms with E-state index in [9.17, 15) is 19.2 Å². The van der Waals surface area contributed by atoms with E-state index in [4.69, 9.17) is 14.2 Å². The zero-order chi connectivity index (χ0) is 43.1. The van der Waals surface area contributed by atoms with Crippen molar-refractivity contribution in [2.45, 2.75) is 84.1 Å². The summed E-state index contributed by atoms with van der Waals surface area (Å²) in [5, 5.41) is 5.82. The molecule has 8 rings (SSSR count). The van der Waals surface area contributed by atoms with E-state index >= 15 is 4.39 Å². The molecule has 0 saturated carbocycles. The number of imidazole rings is 2. The zero-order valence-corrected chi connectivity index (χ0v) is 35.2. The highest BCUT2D eigenvalue weighted by Gasteiger charge is 2.39. The molecule has 0 radical (unpaired) electrons. The number of likely N-dealkylation sites (tertiary alicyclic amines) is 2. The summed E-state index contributed by atoms with van der Waals surface area (Å²) in [4.78, 5) is 71.1. The number of aromatic nitrogens is 5. The molecule has 2 aromatic carbocycles. The van der Waals surface area contributed by atoms with Crippen molar-refractivity contribution in [2.24, 2.45) is 11.8 Å². The van der Waals surface area contributed by atoms with Crippen LogP contribution in [0.3, 0.4) is 0 Å². The second kappa shape index (κ2) is 16.9. The van der Waals surface area contributed by atoms with E-state index in [0.717, 1.165) is 41.6 Å². The predicted molar refractivity (Wildman–Crippen MR) is 224 cm³/mol. The lowest BCUT2D eigenvalue weighted by Gasteiger charge is -2.30. The van der Waals surface area contributed by atoms with E-state index in [1.807, 2.05) is 68.7 Å². The minimum absolute atomic E-state index is 0.147. The van der Waals surface area contributed by atoms with Crippen molar-refractivity contribution in [3.05, 3.63) is 66.3 Å². The third-order valence-electron chi connectivity index (χ3n) is 12.1. The summed E-state index contributed by atoms with van der Waals surface area (Å²) in [5.41, 5.74) is 4.76. The maximum absolute atomic E-state index is 16.7. The Hall–Kier alpha value is -6.39. The molecule has 16 nitrogen and oxygen atoms in total. The third kappa shape index (κ3) is 7.76. The average Bonchev–Trinajstić information content (AvgIpc) is 4.11. The molecule has 2 fully saturated rings. The Morgan fingerprint density at radius 1 is 0.770 bits per heavy atom. The molecule has 0 bridgehead atoms. The number of aromatic amines is 2. The Labute approximate surface area is 352 Å². The van der Waals surface area contributed by atoms with Gasteiger partial charge in [0, 0.05) is 35.2 Å². The van der Waals surface area contributed by atoms with Gasteiger partial charge in [0.15, 0.2) is 5.82 Å². The molecule has 0 unspecified atom stereocenters. The predicted octanol–water partition coefficient (Wildman–Crippen LogP) is 6.71. The average molecular weight is 838 g/mol. The lowest BCUT2D eigenvalue weighted by Crippen LogP contribution is -2.51. The Morgan fingerprint density at radius 2 is 1.30 bits per heavy atom. The molecule has 0 aliphatic carbocycles. The van der Waals surface area contributed by atoms with Gasteiger partial charge in [0.2, 0.25) is 11.8 Å². The van der Waals surface area contributed by atoms with Gasteiger partial charge in [0.1, 0.15) is 36.1 Å². The zero-order valence-electron chi connectivity index (χ0n) is 35.2. The maximum Gasteiger partial charge on any atom is 0.407 e. The first kappa shape index (κ1) is 41.3. The van der Waals surface area contributed by atoms with E-state index in [1.54, 1.807) is 22.2 Å². The number of benzene rings is 2. The van der Waals surface area contributed by atoms with Crippen LogP contribution in [-0.2, 0) is 25.6 Å². The summed E-state index contributed by atoms with van der Waals surface area (Å²) in [7, 11) is 2.54. The third-order valence-corrected chi connectivity index (χ3v) is 12.1. The molecule has 322 valence electrons. The first-order valence-corrected chi connectivity index (χ1v) is 20.9. The number of amides is 4. The highest BCUT2D eigenvalue weighted by molar-refractivity contribution is 5.93. The van der Waals surface area contributed by atoms with Crippen molar-refractivity contribution in [1.82, 2.24) is 44.9 Å². The molecule has 4 atom stereocenters. The Kier molecular flexibility index (Phi) is 11.5. The largest absolute Gasteiger partial charge is 0.491 e. The second-order valence-corrected chi connectivity index (χ2v) is 16.6. The fourth-order valence-corrected chi connectivity index (χ4v) is 8.92. The van der Waals surface area contributed by atoms with E-state index < -0.39 is 24.3 Å². The normalized spacial score (nSPS) is 18.4. The Morgan fingerprint density at radius 3 is 1.82 bits per heavy atom. The number of methoxy groups -OCH3 is 2. The number of fused-ring (bicyclic) bond motifs is 5. The van der Waals surface area contributed by atoms with Crippen LogP contribution in [0.5, 0.6) is 5.75 Å². The monoisotopic (exact) mass is 837 g/mol. The van der Waals surface area contributed by atoms with Crippen LogP contribution < -0.4 is 15.4 Å². The number of hydrogen-bond acceptors (Lipinski definition) is 9. The molecule has 0 spiro atoms. The van der Waals surface area contributed by atoms with Crippen molar-refractivity contribution in [3.63, 3.8) is 0 Å². The number of carbonyl (C=O) groups is 4. The van der Waals surface area contributed by atoms with Crippen molar-refractivity contribution in [2.75, 3.05) is 33.9 Å². The molecule has 6 heterocycles. The van der Waals surface area contributed by atoms with Gasteiger partial charge in [-0.05, 0) is 61.8 Å². The van der Waals surface area contributed by atoms with Crippen LogP contribution in [-0.4, -0.2) is 104 Å². The van der Waals surface area contributed by atoms with Gasteiger partial charge in [-0.25, -0.2) is 23.9 Å². The fraction of sp³-hybridized carbons (Fsp3) is 0.455. The quantitative estimate of drug-likeness (QED) is 0.119. The van der Waals surface area contributed by atoms with Crippen molar-refractivity contribution >= 4 is 34.9 Å². The van der Waals surface area contributed by atoms with Gasteiger partial charge >= 0.3 is 12.2 Å². The number of rotatable bonds is 10. The summed E-state index contributed by atoms with van der Waals surface area (Å²) in [6, 6.07) is 9.25. The van der Waals surface area contributed by atoms with Gasteiger partial charge in [0.05, 0.1) is 67.8 Å². The summed E-state index contributed by atoms with van der Waals surface area (Å²) in [6.07, 6.45) is 5.15. The van der Waals surface area contributed by atoms with Gasteiger partial charge < -0.3 is 49.2 Å². The van der Waals surface area contributed by atoms with Crippen LogP contribution in [0.15, 0.2) is 48.8 Å². The summed E-state index contributed by atoms with van der Waals surface area (Å²) in [5.74, 6) is 0.769. The fourth-order valence-electron chi connectivity index (χ4n) is 8.92. The van der Waals surface area contributed by atoms with E-state index in [0.29, 0.717) is 72.4 Å². The number of carbonyl (C=O) groups excluding carboxylic acids is 4. The lowest BCUT2D eigenvalue weighted by molar-refractivity contribution is -0.136. The van der Waals surface area contributed by atoms with Gasteiger partial charge in [-0.15, -0.1) is 0 Å². The molecule has 3 aliphatic heterocycles. The number of nitrogens with zero attached hydrogens (tertiary/aromatic N) is 5. The molecule has 3 aromatic heterocycles. The van der Waals surface area contributed by atoms with Crippen LogP contribution in [0.4, 0.5) is 14.0 Å². The second-order valence-electron chi connectivity index (χ2n) is 16.6. The lowest BCUT2D eigenvalue weighted by atomic mass is 10.0. The number of alkyl carbamates (subject to hydrolysis) is 2. The minimum Gasteiger partial charge on any atom is -0.491 e. The van der Waals surface area contributed by atoms with E-state index in [-0.39, 0.29) is 41.6 Å². The molecular formula is C44H52FN9O7. The SMILES string of the molecule is COC(=O)N[C@H](C(=O)N1CCC[C@@H]1c1ncc(-c2ccc3c(c2)OCCn2c-3c(F)c3cc(-c4cnc([C@H]5CCCN5C(=O)[C@@H](NC(=O)OC)C(C)C)[nH]4)ccc32)[nH]1)C(C)C. The molecule has 17 heteroatoms. The van der Waals surface area contributed by atoms with E-state index in [2.05, 4.69) is 30.6 Å². The van der Waals surface area contributed by atoms with E-state index in [1.165, 1.54) is 14.2 Å². The smallest absolute Gasteiger partial charge is 0.407 e. The molecule has 3 aliphatic rings. The van der Waals surface area contributed by atoms with Crippen LogP contribution in [0, 0.1) is 17.7 Å². The van der Waals surface area contributed by atoms with Crippen LogP contribution in [0.2, 0.25) is 0 Å². The highest BCUT2D eigenvalue weighted by Crippen LogP contribution is 2.42. The topological polar surface area (TPSA) is 189 Å². The molecule has 61 heavy (non-hydrogen) atoms. The summed E-state index contributed by atoms with van der Waals surface area (Å²) < 4.78 is 34.5. The molecule has 2 saturated heterocycles. The van der Waals surface area contributed by atoms with Crippen molar-refractivity contribution < 1.29 is 37.8 Å². The van der Waals surface area contributed by atoms with Crippen LogP contribution in [0.25, 0.3) is 44.7 Å². The maximum atomic E-state index is 16.7. The minimum atomic E-state index is -0.743. The molecule has 4 N–H and O–H groups in total. The number of nitrogens with one attached hydrogen (secondary N) is 4. The standard InChI is InChI=1S/C44H52FN9O7/c1-23(2)36(50-43(57)59-5)41(55)53-15-7-9-32(53)39-46-21-29(48-39)25-12-14-31-28(19-25)35(45)38-27-13-11-26(20-34(27)61-18-17-52(31)38)30-22-47-40(49-30)33-10-8-16-54(33)42(56)37(24(3)4)51-44(58)60-6/h11-14,19-24,32-33,36-37H,7-10,15-18H2,1-6H3,(H,46,48)(H,47,49)(H,50,57)(H,51,58)/t32-,33-,36+,37+/m1/s1. The van der Waals surface area contributed by atoms with Gasteiger partial charge in [0.25, 0.3) is 0 Å². The Balaban J connectivity index is 1.03. The van der Waals surface area contributed by atoms with Crippen LogP contribution in [0.1, 0.15) is 77.1 Å². The highest BCUT2D eigenvalue weighted by atomic mass is 19.1. The molecular weight excluding hydrogens is 786 g/mol. The number of ether oxygens (including phenoxy) is 3. The van der Waals surface area contributed by atoms with Gasteiger partial charge in [-0.3, -0.25) is 9.59 Å². The van der Waals surface area contributed by atoms with Crippen molar-refractivity contribution in [1.29, 1.82) is 0 Å². The van der Waals surface area contributed by atoms with Crippen LogP contribution >= 0.6 is 0 Å². The Bertz CT molecular complexity index is 2470. The number of hydrogen-bond donors (Lipinski definition) is 4. The number of halogens is 1. The van der Waals surface area contributed by atoms with Crippen molar-refractivity contribution in [3.8, 4) is 39.5 Å². The first-order chi connectivity index (χ1) is 29.4. The van der Waals surface area contributed by atoms with Gasteiger partial charge in [-0.2, -0.15) is 0 Å². The van der Waals surface area contributed by atoms with Gasteiger partial charge in [-0.1, -0.05) is 39.8 Å². The first-order valence-electron chi connectivity index (χ1n) is 20.9. The summed E-state index contributed by atoms with van der Waals surface area (Å²) in [6.45, 7) is 9.34. The molecule has 5 aromatic rings. The molecule has 4 amide bonds. The summed E-state index contributed by atoms with van der Waals surface area (Å²) >= 11 is 0.